The number of carbonyl (C=O) groups is 1. The highest BCUT2D eigenvalue weighted by Gasteiger charge is 2.32. The van der Waals surface area contributed by atoms with Gasteiger partial charge in [0.1, 0.15) is 13.2 Å². The summed E-state index contributed by atoms with van der Waals surface area (Å²) in [6.07, 6.45) is 6.99. The van der Waals surface area contributed by atoms with Gasteiger partial charge in [0.2, 0.25) is 5.91 Å². The Morgan fingerprint density at radius 2 is 1.96 bits per heavy atom. The van der Waals surface area contributed by atoms with Crippen LogP contribution in [0.15, 0.2) is 12.1 Å². The Hall–Kier alpha value is -1.46. The number of amides is 1. The molecule has 1 aromatic carbocycles. The molecule has 0 unspecified atom stereocenters. The molecule has 1 fully saturated rings. The lowest BCUT2D eigenvalue weighted by atomic mass is 9.71. The van der Waals surface area contributed by atoms with Gasteiger partial charge in [-0.1, -0.05) is 30.9 Å². The summed E-state index contributed by atoms with van der Waals surface area (Å²) in [6.45, 7) is 2.23. The highest BCUT2D eigenvalue weighted by atomic mass is 35.5. The molecule has 25 heavy (non-hydrogen) atoms. The van der Waals surface area contributed by atoms with E-state index < -0.39 is 0 Å². The van der Waals surface area contributed by atoms with Crippen LogP contribution >= 0.6 is 11.6 Å². The Kier molecular flexibility index (Phi) is 6.07. The van der Waals surface area contributed by atoms with Crippen molar-refractivity contribution in [2.24, 2.45) is 11.1 Å². The van der Waals surface area contributed by atoms with E-state index in [4.69, 9.17) is 26.8 Å². The number of fused-ring (bicyclic) bond motifs is 1. The van der Waals surface area contributed by atoms with Gasteiger partial charge in [0.25, 0.3) is 0 Å². The molecule has 3 rings (SSSR count). The zero-order chi connectivity index (χ0) is 17.7. The summed E-state index contributed by atoms with van der Waals surface area (Å²) in [5.41, 5.74) is 7.00. The fraction of sp³-hybridized carbons (Fsp3) is 0.632. The Balaban J connectivity index is 1.51. The minimum Gasteiger partial charge on any atom is -0.486 e. The fourth-order valence-corrected chi connectivity index (χ4v) is 4.10. The van der Waals surface area contributed by atoms with Crippen molar-refractivity contribution in [3.05, 3.63) is 22.7 Å². The molecule has 0 bridgehead atoms. The molecule has 1 heterocycles. The van der Waals surface area contributed by atoms with Gasteiger partial charge < -0.3 is 20.5 Å². The van der Waals surface area contributed by atoms with Crippen molar-refractivity contribution in [1.29, 1.82) is 0 Å². The van der Waals surface area contributed by atoms with E-state index in [0.29, 0.717) is 55.7 Å². The summed E-state index contributed by atoms with van der Waals surface area (Å²) in [6, 6.07) is 3.82. The predicted octanol–water partition coefficient (Wildman–Crippen LogP) is 3.07. The maximum atomic E-state index is 12.3. The van der Waals surface area contributed by atoms with Gasteiger partial charge in [-0.05, 0) is 48.9 Å². The quantitative estimate of drug-likeness (QED) is 0.811. The number of halogens is 1. The fourth-order valence-electron chi connectivity index (χ4n) is 3.81. The number of benzene rings is 1. The van der Waals surface area contributed by atoms with Crippen LogP contribution in [-0.4, -0.2) is 32.2 Å². The third-order valence-electron chi connectivity index (χ3n) is 5.28. The maximum absolute atomic E-state index is 12.3. The lowest BCUT2D eigenvalue weighted by Gasteiger charge is -2.35. The van der Waals surface area contributed by atoms with Crippen molar-refractivity contribution in [3.8, 4) is 11.5 Å². The zero-order valence-corrected chi connectivity index (χ0v) is 15.4. The molecular weight excluding hydrogens is 340 g/mol. The van der Waals surface area contributed by atoms with Crippen LogP contribution in [0, 0.1) is 5.41 Å². The zero-order valence-electron chi connectivity index (χ0n) is 14.6. The Morgan fingerprint density at radius 3 is 2.72 bits per heavy atom. The third kappa shape index (κ3) is 4.59. The number of ether oxygens (including phenoxy) is 2. The SMILES string of the molecule is NCC1(CC(=O)NCCc2cc(Cl)c3c(c2)OCCO3)CCCCC1. The molecule has 6 heteroatoms. The number of nitrogens with two attached hydrogens (primary N) is 1. The molecule has 0 atom stereocenters. The molecule has 5 nitrogen and oxygen atoms in total. The molecular formula is C19H27ClN2O3. The van der Waals surface area contributed by atoms with E-state index in [9.17, 15) is 4.79 Å². The smallest absolute Gasteiger partial charge is 0.220 e. The first-order valence-electron chi connectivity index (χ1n) is 9.17. The summed E-state index contributed by atoms with van der Waals surface area (Å²) >= 11 is 6.25. The molecule has 0 radical (unpaired) electrons. The second-order valence-electron chi connectivity index (χ2n) is 7.14. The van der Waals surface area contributed by atoms with Gasteiger partial charge in [-0.15, -0.1) is 0 Å². The molecule has 0 aromatic heterocycles. The Labute approximate surface area is 154 Å². The molecule has 1 aromatic rings. The van der Waals surface area contributed by atoms with Crippen molar-refractivity contribution in [3.63, 3.8) is 0 Å². The molecule has 1 aliphatic heterocycles. The van der Waals surface area contributed by atoms with Gasteiger partial charge >= 0.3 is 0 Å². The number of rotatable bonds is 6. The lowest BCUT2D eigenvalue weighted by Crippen LogP contribution is -2.39. The van der Waals surface area contributed by atoms with E-state index in [1.54, 1.807) is 0 Å². The monoisotopic (exact) mass is 366 g/mol. The van der Waals surface area contributed by atoms with E-state index in [-0.39, 0.29) is 11.3 Å². The van der Waals surface area contributed by atoms with E-state index >= 15 is 0 Å². The molecule has 3 N–H and O–H groups in total. The van der Waals surface area contributed by atoms with Gasteiger partial charge in [-0.3, -0.25) is 4.79 Å². The van der Waals surface area contributed by atoms with Crippen LogP contribution in [0.2, 0.25) is 5.02 Å². The summed E-state index contributed by atoms with van der Waals surface area (Å²) in [5, 5.41) is 3.59. The van der Waals surface area contributed by atoms with Crippen molar-refractivity contribution in [2.75, 3.05) is 26.3 Å². The second-order valence-corrected chi connectivity index (χ2v) is 7.55. The van der Waals surface area contributed by atoms with Crippen molar-refractivity contribution >= 4 is 17.5 Å². The predicted molar refractivity (Wildman–Crippen MR) is 98.3 cm³/mol. The van der Waals surface area contributed by atoms with E-state index in [0.717, 1.165) is 18.4 Å². The normalized spacial score (nSPS) is 18.6. The number of hydrogen-bond acceptors (Lipinski definition) is 4. The lowest BCUT2D eigenvalue weighted by molar-refractivity contribution is -0.123. The summed E-state index contributed by atoms with van der Waals surface area (Å²) < 4.78 is 11.1. The van der Waals surface area contributed by atoms with Crippen molar-refractivity contribution in [1.82, 2.24) is 5.32 Å². The largest absolute Gasteiger partial charge is 0.486 e. The first-order chi connectivity index (χ1) is 12.1. The maximum Gasteiger partial charge on any atom is 0.220 e. The summed E-state index contributed by atoms with van der Waals surface area (Å²) in [4.78, 5) is 12.3. The average Bonchev–Trinajstić information content (AvgIpc) is 2.62. The van der Waals surface area contributed by atoms with Gasteiger partial charge in [0, 0.05) is 13.0 Å². The van der Waals surface area contributed by atoms with Crippen LogP contribution in [0.5, 0.6) is 11.5 Å². The Morgan fingerprint density at radius 1 is 1.20 bits per heavy atom. The summed E-state index contributed by atoms with van der Waals surface area (Å²) in [5.74, 6) is 1.39. The molecule has 0 spiro atoms. The second kappa shape index (κ2) is 8.28. The number of carbonyl (C=O) groups excluding carboxylic acids is 1. The minimum atomic E-state index is 0.00262. The van der Waals surface area contributed by atoms with Crippen molar-refractivity contribution < 1.29 is 14.3 Å². The van der Waals surface area contributed by atoms with Crippen LogP contribution < -0.4 is 20.5 Å². The van der Waals surface area contributed by atoms with Crippen LogP contribution in [-0.2, 0) is 11.2 Å². The topological polar surface area (TPSA) is 73.6 Å². The van der Waals surface area contributed by atoms with Gasteiger partial charge in [-0.25, -0.2) is 0 Å². The molecule has 0 saturated heterocycles. The highest BCUT2D eigenvalue weighted by Crippen LogP contribution is 2.39. The minimum absolute atomic E-state index is 0.00262. The molecule has 2 aliphatic rings. The van der Waals surface area contributed by atoms with E-state index in [1.165, 1.54) is 19.3 Å². The van der Waals surface area contributed by atoms with E-state index in [1.807, 2.05) is 12.1 Å². The van der Waals surface area contributed by atoms with E-state index in [2.05, 4.69) is 5.32 Å². The first-order valence-corrected chi connectivity index (χ1v) is 9.54. The average molecular weight is 367 g/mol. The van der Waals surface area contributed by atoms with Crippen molar-refractivity contribution in [2.45, 2.75) is 44.9 Å². The summed E-state index contributed by atoms with van der Waals surface area (Å²) in [7, 11) is 0. The Bertz CT molecular complexity index is 615. The molecule has 1 saturated carbocycles. The van der Waals surface area contributed by atoms with Gasteiger partial charge in [0.15, 0.2) is 11.5 Å². The van der Waals surface area contributed by atoms with Crippen LogP contribution in [0.25, 0.3) is 0 Å². The standard InChI is InChI=1S/C19H27ClN2O3/c20-15-10-14(11-16-18(15)25-9-8-24-16)4-7-22-17(23)12-19(13-21)5-2-1-3-6-19/h10-11H,1-9,12-13,21H2,(H,22,23). The number of nitrogens with one attached hydrogen (secondary N) is 1. The molecule has 1 aliphatic carbocycles. The van der Waals surface area contributed by atoms with Gasteiger partial charge in [0.05, 0.1) is 5.02 Å². The highest BCUT2D eigenvalue weighted by molar-refractivity contribution is 6.32. The van der Waals surface area contributed by atoms with Crippen LogP contribution in [0.1, 0.15) is 44.1 Å². The van der Waals surface area contributed by atoms with Crippen LogP contribution in [0.4, 0.5) is 0 Å². The molecule has 1 amide bonds. The van der Waals surface area contributed by atoms with Gasteiger partial charge in [-0.2, -0.15) is 0 Å². The van der Waals surface area contributed by atoms with Crippen LogP contribution in [0.3, 0.4) is 0 Å². The first kappa shape index (κ1) is 18.3. The molecule has 138 valence electrons. The third-order valence-corrected chi connectivity index (χ3v) is 5.56. The number of hydrogen-bond donors (Lipinski definition) is 2.